The Morgan fingerprint density at radius 1 is 1.10 bits per heavy atom. The summed E-state index contributed by atoms with van der Waals surface area (Å²) in [4.78, 5) is 11.5. The number of carbonyl (C=O) groups is 1. The largest absolute Gasteiger partial charge is 0.493 e. The van der Waals surface area contributed by atoms with Gasteiger partial charge in [0.1, 0.15) is 0 Å². The summed E-state index contributed by atoms with van der Waals surface area (Å²) in [5.74, 6) is 0.627. The highest BCUT2D eigenvalue weighted by atomic mass is 16.5. The van der Waals surface area contributed by atoms with Crippen LogP contribution in [-0.4, -0.2) is 20.1 Å². The molecule has 0 heterocycles. The second kappa shape index (κ2) is 6.04. The van der Waals surface area contributed by atoms with Crippen LogP contribution in [0.2, 0.25) is 0 Å². The van der Waals surface area contributed by atoms with E-state index in [0.717, 1.165) is 0 Å². The van der Waals surface area contributed by atoms with E-state index in [9.17, 15) is 4.79 Å². The van der Waals surface area contributed by atoms with Crippen molar-refractivity contribution in [1.82, 2.24) is 0 Å². The molecule has 0 bridgehead atoms. The number of hydrogen-bond donors (Lipinski definition) is 3. The van der Waals surface area contributed by atoms with Gasteiger partial charge in [0.25, 0.3) is 5.91 Å². The molecule has 0 aliphatic heterocycles. The van der Waals surface area contributed by atoms with Crippen molar-refractivity contribution in [2.24, 2.45) is 5.73 Å². The zero-order valence-electron chi connectivity index (χ0n) is 11.8. The Bertz CT molecular complexity index is 671. The zero-order valence-corrected chi connectivity index (χ0v) is 11.8. The lowest BCUT2D eigenvalue weighted by Gasteiger charge is -2.14. The first kappa shape index (κ1) is 14.5. The van der Waals surface area contributed by atoms with Crippen LogP contribution in [0.4, 0.5) is 17.1 Å². The molecular weight excluding hydrogens is 270 g/mol. The van der Waals surface area contributed by atoms with Crippen LogP contribution >= 0.6 is 0 Å². The van der Waals surface area contributed by atoms with Crippen LogP contribution in [0.5, 0.6) is 11.5 Å². The number of methoxy groups -OCH3 is 2. The summed E-state index contributed by atoms with van der Waals surface area (Å²) in [6.45, 7) is 0. The molecule has 0 aliphatic carbocycles. The number of benzene rings is 2. The van der Waals surface area contributed by atoms with Gasteiger partial charge in [0.05, 0.1) is 31.2 Å². The molecule has 21 heavy (non-hydrogen) atoms. The Labute approximate surface area is 122 Å². The molecule has 110 valence electrons. The number of primary amides is 1. The second-order valence-electron chi connectivity index (χ2n) is 4.33. The maximum absolute atomic E-state index is 11.5. The first-order chi connectivity index (χ1) is 10.1. The first-order valence-corrected chi connectivity index (χ1v) is 6.24. The third kappa shape index (κ3) is 3.00. The predicted octanol–water partition coefficient (Wildman–Crippen LogP) is 2.13. The fourth-order valence-corrected chi connectivity index (χ4v) is 1.97. The molecule has 0 spiro atoms. The van der Waals surface area contributed by atoms with Gasteiger partial charge in [-0.25, -0.2) is 0 Å². The van der Waals surface area contributed by atoms with Crippen molar-refractivity contribution >= 4 is 23.0 Å². The summed E-state index contributed by atoms with van der Waals surface area (Å²) in [5.41, 5.74) is 13.2. The van der Waals surface area contributed by atoms with Crippen molar-refractivity contribution in [3.05, 3.63) is 42.0 Å². The summed E-state index contributed by atoms with van der Waals surface area (Å²) in [7, 11) is 3.11. The quantitative estimate of drug-likeness (QED) is 0.731. The minimum atomic E-state index is -0.551. The topological polar surface area (TPSA) is 99.6 Å². The van der Waals surface area contributed by atoms with Gasteiger partial charge in [0.15, 0.2) is 11.5 Å². The zero-order chi connectivity index (χ0) is 15.4. The van der Waals surface area contributed by atoms with Crippen LogP contribution in [0, 0.1) is 0 Å². The number of hydrogen-bond acceptors (Lipinski definition) is 5. The molecule has 6 heteroatoms. The van der Waals surface area contributed by atoms with Crippen molar-refractivity contribution in [3.8, 4) is 11.5 Å². The van der Waals surface area contributed by atoms with Gasteiger partial charge in [-0.1, -0.05) is 6.07 Å². The number of amides is 1. The molecule has 0 aromatic heterocycles. The molecular formula is C15H17N3O3. The van der Waals surface area contributed by atoms with E-state index in [4.69, 9.17) is 20.9 Å². The third-order valence-corrected chi connectivity index (χ3v) is 3.02. The van der Waals surface area contributed by atoms with E-state index >= 15 is 0 Å². The number of nitrogens with two attached hydrogens (primary N) is 2. The van der Waals surface area contributed by atoms with Gasteiger partial charge in [-0.3, -0.25) is 4.79 Å². The lowest BCUT2D eigenvalue weighted by atomic mass is 10.1. The van der Waals surface area contributed by atoms with E-state index < -0.39 is 5.91 Å². The monoisotopic (exact) mass is 287 g/mol. The van der Waals surface area contributed by atoms with Crippen LogP contribution in [0.1, 0.15) is 10.4 Å². The lowest BCUT2D eigenvalue weighted by Crippen LogP contribution is -2.14. The maximum atomic E-state index is 11.5. The van der Waals surface area contributed by atoms with Gasteiger partial charge in [-0.2, -0.15) is 0 Å². The van der Waals surface area contributed by atoms with Gasteiger partial charge in [0.2, 0.25) is 0 Å². The number of anilines is 3. The van der Waals surface area contributed by atoms with Crippen molar-refractivity contribution < 1.29 is 14.3 Å². The highest BCUT2D eigenvalue weighted by molar-refractivity contribution is 6.02. The van der Waals surface area contributed by atoms with Crippen molar-refractivity contribution in [2.75, 3.05) is 25.3 Å². The molecule has 6 nitrogen and oxygen atoms in total. The lowest BCUT2D eigenvalue weighted by molar-refractivity contribution is 0.100. The Balaban J connectivity index is 2.41. The molecule has 0 saturated heterocycles. The van der Waals surface area contributed by atoms with Crippen LogP contribution in [0.3, 0.4) is 0 Å². The van der Waals surface area contributed by atoms with Crippen molar-refractivity contribution in [3.63, 3.8) is 0 Å². The van der Waals surface area contributed by atoms with Gasteiger partial charge in [-0.05, 0) is 24.3 Å². The van der Waals surface area contributed by atoms with Gasteiger partial charge in [0, 0.05) is 11.8 Å². The SMILES string of the molecule is COc1ccc(Nc2c(N)cccc2C(N)=O)cc1OC. The number of para-hydroxylation sites is 1. The fourth-order valence-electron chi connectivity index (χ4n) is 1.97. The molecule has 0 aliphatic rings. The van der Waals surface area contributed by atoms with E-state index in [1.807, 2.05) is 0 Å². The molecule has 1 amide bonds. The summed E-state index contributed by atoms with van der Waals surface area (Å²) in [5, 5.41) is 3.09. The van der Waals surface area contributed by atoms with Gasteiger partial charge >= 0.3 is 0 Å². The molecule has 2 aromatic rings. The highest BCUT2D eigenvalue weighted by Crippen LogP contribution is 2.33. The van der Waals surface area contributed by atoms with Crippen LogP contribution in [0.25, 0.3) is 0 Å². The van der Waals surface area contributed by atoms with E-state index in [2.05, 4.69) is 5.32 Å². The summed E-state index contributed by atoms with van der Waals surface area (Å²) in [6.07, 6.45) is 0. The smallest absolute Gasteiger partial charge is 0.250 e. The first-order valence-electron chi connectivity index (χ1n) is 6.24. The van der Waals surface area contributed by atoms with Crippen molar-refractivity contribution in [1.29, 1.82) is 0 Å². The number of rotatable bonds is 5. The molecule has 2 aromatic carbocycles. The molecule has 0 radical (unpaired) electrons. The number of ether oxygens (including phenoxy) is 2. The Morgan fingerprint density at radius 3 is 2.43 bits per heavy atom. The van der Waals surface area contributed by atoms with E-state index in [1.165, 1.54) is 0 Å². The summed E-state index contributed by atoms with van der Waals surface area (Å²) < 4.78 is 10.4. The second-order valence-corrected chi connectivity index (χ2v) is 4.33. The average Bonchev–Trinajstić information content (AvgIpc) is 2.48. The normalized spacial score (nSPS) is 10.0. The van der Waals surface area contributed by atoms with Crippen LogP contribution < -0.4 is 26.3 Å². The predicted molar refractivity (Wildman–Crippen MR) is 82.2 cm³/mol. The minimum Gasteiger partial charge on any atom is -0.493 e. The van der Waals surface area contributed by atoms with E-state index in [1.54, 1.807) is 50.6 Å². The summed E-state index contributed by atoms with van der Waals surface area (Å²) in [6, 6.07) is 10.3. The Hall–Kier alpha value is -2.89. The standard InChI is InChI=1S/C15H17N3O3/c1-20-12-7-6-9(8-13(12)21-2)18-14-10(15(17)19)4-3-5-11(14)16/h3-8,18H,16H2,1-2H3,(H2,17,19). The van der Waals surface area contributed by atoms with Crippen molar-refractivity contribution in [2.45, 2.75) is 0 Å². The Kier molecular flexibility index (Phi) is 4.18. The highest BCUT2D eigenvalue weighted by Gasteiger charge is 2.12. The van der Waals surface area contributed by atoms with E-state index in [0.29, 0.717) is 34.1 Å². The number of nitrogens with one attached hydrogen (secondary N) is 1. The average molecular weight is 287 g/mol. The number of carbonyl (C=O) groups excluding carboxylic acids is 1. The Morgan fingerprint density at radius 2 is 1.81 bits per heavy atom. The van der Waals surface area contributed by atoms with E-state index in [-0.39, 0.29) is 0 Å². The fraction of sp³-hybridized carbons (Fsp3) is 0.133. The summed E-state index contributed by atoms with van der Waals surface area (Å²) >= 11 is 0. The van der Waals surface area contributed by atoms with Crippen LogP contribution in [-0.2, 0) is 0 Å². The molecule has 5 N–H and O–H groups in total. The third-order valence-electron chi connectivity index (χ3n) is 3.02. The molecule has 0 saturated carbocycles. The molecule has 0 unspecified atom stereocenters. The maximum Gasteiger partial charge on any atom is 0.250 e. The van der Waals surface area contributed by atoms with Crippen LogP contribution in [0.15, 0.2) is 36.4 Å². The molecule has 0 fully saturated rings. The van der Waals surface area contributed by atoms with Gasteiger partial charge in [-0.15, -0.1) is 0 Å². The molecule has 0 atom stereocenters. The number of nitrogen functional groups attached to an aromatic ring is 1. The minimum absolute atomic E-state index is 0.324. The molecule has 2 rings (SSSR count). The van der Waals surface area contributed by atoms with Gasteiger partial charge < -0.3 is 26.3 Å².